The molecule has 1 N–H and O–H groups in total. The van der Waals surface area contributed by atoms with E-state index in [-0.39, 0.29) is 0 Å². The fraction of sp³-hybridized carbons (Fsp3) is 0.500. The topological polar surface area (TPSA) is 12.0 Å². The van der Waals surface area contributed by atoms with Crippen molar-refractivity contribution < 1.29 is 0 Å². The first kappa shape index (κ1) is 12.9. The van der Waals surface area contributed by atoms with Gasteiger partial charge >= 0.3 is 0 Å². The van der Waals surface area contributed by atoms with Crippen molar-refractivity contribution in [3.63, 3.8) is 0 Å². The van der Waals surface area contributed by atoms with Crippen LogP contribution in [0.2, 0.25) is 5.02 Å². The van der Waals surface area contributed by atoms with Gasteiger partial charge in [-0.05, 0) is 31.5 Å². The van der Waals surface area contributed by atoms with Crippen LogP contribution in [0.3, 0.4) is 0 Å². The average molecular weight is 244 g/mol. The predicted molar refractivity (Wildman–Crippen MR) is 69.9 cm³/mol. The lowest BCUT2D eigenvalue weighted by molar-refractivity contribution is 0.555. The zero-order valence-corrected chi connectivity index (χ0v) is 10.9. The van der Waals surface area contributed by atoms with Crippen molar-refractivity contribution >= 4 is 23.4 Å². The third kappa shape index (κ3) is 5.45. The van der Waals surface area contributed by atoms with Crippen LogP contribution in [0.15, 0.2) is 29.2 Å². The number of nitrogens with one attached hydrogen (secondary N) is 1. The van der Waals surface area contributed by atoms with Gasteiger partial charge in [-0.25, -0.2) is 0 Å². The van der Waals surface area contributed by atoms with Gasteiger partial charge in [0.15, 0.2) is 0 Å². The lowest BCUT2D eigenvalue weighted by Crippen LogP contribution is -2.27. The minimum Gasteiger partial charge on any atom is -0.313 e. The molecule has 0 heterocycles. The van der Waals surface area contributed by atoms with Gasteiger partial charge < -0.3 is 5.32 Å². The maximum Gasteiger partial charge on any atom is 0.0417 e. The molecule has 0 saturated carbocycles. The van der Waals surface area contributed by atoms with Crippen LogP contribution >= 0.6 is 23.4 Å². The highest BCUT2D eigenvalue weighted by Gasteiger charge is 1.98. The van der Waals surface area contributed by atoms with Crippen LogP contribution in [0.4, 0.5) is 0 Å². The second-order valence-corrected chi connectivity index (χ2v) is 5.17. The Morgan fingerprint density at radius 3 is 2.93 bits per heavy atom. The molecule has 0 spiro atoms. The van der Waals surface area contributed by atoms with E-state index in [4.69, 9.17) is 11.6 Å². The fourth-order valence-corrected chi connectivity index (χ4v) is 2.27. The molecule has 1 aromatic rings. The maximum absolute atomic E-state index is 5.90. The molecule has 1 rings (SSSR count). The molecule has 1 aromatic carbocycles. The van der Waals surface area contributed by atoms with Gasteiger partial charge in [0.25, 0.3) is 0 Å². The Labute approximate surface area is 102 Å². The highest BCUT2D eigenvalue weighted by molar-refractivity contribution is 7.99. The summed E-state index contributed by atoms with van der Waals surface area (Å²) in [4.78, 5) is 1.24. The molecule has 0 aliphatic heterocycles. The fourth-order valence-electron chi connectivity index (χ4n) is 1.18. The summed E-state index contributed by atoms with van der Waals surface area (Å²) < 4.78 is 0. The summed E-state index contributed by atoms with van der Waals surface area (Å²) in [5.41, 5.74) is 0. The van der Waals surface area contributed by atoms with Crippen LogP contribution in [0.5, 0.6) is 0 Å². The quantitative estimate of drug-likeness (QED) is 0.602. The van der Waals surface area contributed by atoms with Gasteiger partial charge in [-0.2, -0.15) is 0 Å². The first-order valence-electron chi connectivity index (χ1n) is 5.34. The van der Waals surface area contributed by atoms with Crippen molar-refractivity contribution in [3.05, 3.63) is 29.3 Å². The third-order valence-electron chi connectivity index (χ3n) is 2.27. The highest BCUT2D eigenvalue weighted by atomic mass is 35.5. The second kappa shape index (κ2) is 7.15. The molecule has 0 aromatic heterocycles. The normalized spacial score (nSPS) is 12.7. The molecular formula is C12H18ClNS. The van der Waals surface area contributed by atoms with Gasteiger partial charge in [0.05, 0.1) is 0 Å². The predicted octanol–water partition coefficient (Wildman–Crippen LogP) is 3.82. The number of benzene rings is 1. The summed E-state index contributed by atoms with van der Waals surface area (Å²) in [7, 11) is 0. The van der Waals surface area contributed by atoms with Crippen LogP contribution < -0.4 is 5.32 Å². The van der Waals surface area contributed by atoms with Crippen LogP contribution in [-0.4, -0.2) is 18.3 Å². The van der Waals surface area contributed by atoms with E-state index in [0.717, 1.165) is 17.3 Å². The maximum atomic E-state index is 5.90. The molecule has 0 aliphatic rings. The molecule has 84 valence electrons. The Hall–Kier alpha value is -0.180. The van der Waals surface area contributed by atoms with Crippen LogP contribution in [0.25, 0.3) is 0 Å². The van der Waals surface area contributed by atoms with E-state index in [1.54, 1.807) is 0 Å². The lowest BCUT2D eigenvalue weighted by Gasteiger charge is -2.10. The Morgan fingerprint density at radius 1 is 1.47 bits per heavy atom. The minimum atomic E-state index is 0.616. The van der Waals surface area contributed by atoms with Crippen LogP contribution in [-0.2, 0) is 0 Å². The summed E-state index contributed by atoms with van der Waals surface area (Å²) in [6.45, 7) is 5.46. The van der Waals surface area contributed by atoms with Gasteiger partial charge in [-0.15, -0.1) is 11.8 Å². The Morgan fingerprint density at radius 2 is 2.27 bits per heavy atom. The molecule has 1 atom stereocenters. The van der Waals surface area contributed by atoms with Crippen LogP contribution in [0.1, 0.15) is 20.3 Å². The van der Waals surface area contributed by atoms with E-state index < -0.39 is 0 Å². The SMILES string of the molecule is CCC(C)NCCSc1cccc(Cl)c1. The van der Waals surface area contributed by atoms with Crippen molar-refractivity contribution in [1.29, 1.82) is 0 Å². The monoisotopic (exact) mass is 243 g/mol. The smallest absolute Gasteiger partial charge is 0.0417 e. The Balaban J connectivity index is 2.20. The zero-order valence-electron chi connectivity index (χ0n) is 9.29. The van der Waals surface area contributed by atoms with E-state index in [1.807, 2.05) is 30.0 Å². The number of halogens is 1. The minimum absolute atomic E-state index is 0.616. The first-order chi connectivity index (χ1) is 7.22. The zero-order chi connectivity index (χ0) is 11.1. The second-order valence-electron chi connectivity index (χ2n) is 3.57. The van der Waals surface area contributed by atoms with Gasteiger partial charge in [0.1, 0.15) is 0 Å². The van der Waals surface area contributed by atoms with E-state index in [9.17, 15) is 0 Å². The Kier molecular flexibility index (Phi) is 6.15. The number of hydrogen-bond acceptors (Lipinski definition) is 2. The Bertz CT molecular complexity index is 291. The molecule has 0 aliphatic carbocycles. The number of hydrogen-bond donors (Lipinski definition) is 1. The highest BCUT2D eigenvalue weighted by Crippen LogP contribution is 2.20. The molecule has 3 heteroatoms. The molecule has 1 unspecified atom stereocenters. The molecule has 1 nitrogen and oxygen atoms in total. The van der Waals surface area contributed by atoms with Gasteiger partial charge in [-0.1, -0.05) is 24.6 Å². The van der Waals surface area contributed by atoms with E-state index >= 15 is 0 Å². The lowest BCUT2D eigenvalue weighted by atomic mass is 10.3. The van der Waals surface area contributed by atoms with Crippen molar-refractivity contribution in [2.75, 3.05) is 12.3 Å². The molecule has 15 heavy (non-hydrogen) atoms. The molecule has 0 amide bonds. The van der Waals surface area contributed by atoms with Crippen molar-refractivity contribution in [1.82, 2.24) is 5.32 Å². The third-order valence-corrected chi connectivity index (χ3v) is 3.50. The first-order valence-corrected chi connectivity index (χ1v) is 6.70. The standard InChI is InChI=1S/C12H18ClNS/c1-3-10(2)14-7-8-15-12-6-4-5-11(13)9-12/h4-6,9-10,14H,3,7-8H2,1-2H3. The summed E-state index contributed by atoms with van der Waals surface area (Å²) in [5, 5.41) is 4.28. The van der Waals surface area contributed by atoms with Gasteiger partial charge in [0.2, 0.25) is 0 Å². The largest absolute Gasteiger partial charge is 0.313 e. The molecule has 0 radical (unpaired) electrons. The molecule has 0 bridgehead atoms. The van der Waals surface area contributed by atoms with Crippen molar-refractivity contribution in [2.24, 2.45) is 0 Å². The number of rotatable bonds is 6. The van der Waals surface area contributed by atoms with E-state index in [0.29, 0.717) is 6.04 Å². The summed E-state index contributed by atoms with van der Waals surface area (Å²) in [6.07, 6.45) is 1.18. The molecule has 0 fully saturated rings. The molecule has 0 saturated heterocycles. The van der Waals surface area contributed by atoms with Crippen molar-refractivity contribution in [2.45, 2.75) is 31.2 Å². The van der Waals surface area contributed by atoms with Gasteiger partial charge in [0, 0.05) is 28.3 Å². The van der Waals surface area contributed by atoms with Gasteiger partial charge in [-0.3, -0.25) is 0 Å². The summed E-state index contributed by atoms with van der Waals surface area (Å²) in [6, 6.07) is 8.62. The van der Waals surface area contributed by atoms with E-state index in [2.05, 4.69) is 25.2 Å². The summed E-state index contributed by atoms with van der Waals surface area (Å²) >= 11 is 7.74. The average Bonchev–Trinajstić information content (AvgIpc) is 2.24. The van der Waals surface area contributed by atoms with E-state index in [1.165, 1.54) is 11.3 Å². The van der Waals surface area contributed by atoms with Crippen molar-refractivity contribution in [3.8, 4) is 0 Å². The van der Waals surface area contributed by atoms with Crippen LogP contribution in [0, 0.1) is 0 Å². The summed E-state index contributed by atoms with van der Waals surface area (Å²) in [5.74, 6) is 1.09. The number of thioether (sulfide) groups is 1. The molecular weight excluding hydrogens is 226 g/mol.